The van der Waals surface area contributed by atoms with Crippen LogP contribution in [-0.2, 0) is 6.18 Å². The van der Waals surface area contributed by atoms with E-state index < -0.39 is 17.7 Å². The molecular weight excluding hydrogens is 223 g/mol. The molecule has 0 atom stereocenters. The number of methoxy groups -OCH3 is 1. The van der Waals surface area contributed by atoms with E-state index in [0.29, 0.717) is 0 Å². The molecule has 0 aromatic heterocycles. The molecule has 0 aliphatic rings. The van der Waals surface area contributed by atoms with Crippen LogP contribution < -0.4 is 15.8 Å². The lowest BCUT2D eigenvalue weighted by molar-refractivity contribution is -0.137. The Morgan fingerprint density at radius 2 is 2.00 bits per heavy atom. The van der Waals surface area contributed by atoms with E-state index in [0.717, 1.165) is 12.1 Å². The summed E-state index contributed by atoms with van der Waals surface area (Å²) < 4.78 is 42.1. The highest BCUT2D eigenvalue weighted by Gasteiger charge is 2.31. The van der Waals surface area contributed by atoms with Crippen molar-refractivity contribution in [2.24, 2.45) is 5.73 Å². The van der Waals surface area contributed by atoms with Crippen molar-refractivity contribution in [3.63, 3.8) is 0 Å². The van der Waals surface area contributed by atoms with Crippen molar-refractivity contribution in [3.8, 4) is 5.75 Å². The van der Waals surface area contributed by atoms with Crippen LogP contribution in [0.25, 0.3) is 0 Å². The number of hydrogen-bond acceptors (Lipinski definition) is 2. The van der Waals surface area contributed by atoms with Gasteiger partial charge in [0.05, 0.1) is 12.7 Å². The smallest absolute Gasteiger partial charge is 0.416 e. The van der Waals surface area contributed by atoms with Gasteiger partial charge in [0.2, 0.25) is 0 Å². The van der Waals surface area contributed by atoms with E-state index in [1.807, 2.05) is 0 Å². The molecule has 0 heterocycles. The van der Waals surface area contributed by atoms with Gasteiger partial charge in [-0.15, -0.1) is 0 Å². The molecule has 0 saturated heterocycles. The zero-order chi connectivity index (χ0) is 12.3. The first-order valence-corrected chi connectivity index (χ1v) is 4.20. The fourth-order valence-corrected chi connectivity index (χ4v) is 1.11. The van der Waals surface area contributed by atoms with Crippen molar-refractivity contribution < 1.29 is 17.9 Å². The SMILES string of the molecule is COc1cc(NC(=N)N)cc(C(F)(F)F)c1. The van der Waals surface area contributed by atoms with Gasteiger partial charge in [0.1, 0.15) is 5.75 Å². The van der Waals surface area contributed by atoms with E-state index in [-0.39, 0.29) is 11.4 Å². The van der Waals surface area contributed by atoms with Gasteiger partial charge >= 0.3 is 6.18 Å². The average molecular weight is 233 g/mol. The zero-order valence-corrected chi connectivity index (χ0v) is 8.35. The summed E-state index contributed by atoms with van der Waals surface area (Å²) in [5.41, 5.74) is 4.21. The lowest BCUT2D eigenvalue weighted by Crippen LogP contribution is -2.20. The van der Waals surface area contributed by atoms with Gasteiger partial charge in [0.15, 0.2) is 5.96 Å². The summed E-state index contributed by atoms with van der Waals surface area (Å²) in [5.74, 6) is -0.403. The second-order valence-electron chi connectivity index (χ2n) is 2.99. The molecule has 0 aliphatic heterocycles. The number of alkyl halides is 3. The standard InChI is InChI=1S/C9H10F3N3O/c1-16-7-3-5(9(10,11)12)2-6(4-7)15-8(13)14/h2-4H,1H3,(H4,13,14,15). The highest BCUT2D eigenvalue weighted by atomic mass is 19.4. The fourth-order valence-electron chi connectivity index (χ4n) is 1.11. The van der Waals surface area contributed by atoms with Gasteiger partial charge in [-0.05, 0) is 12.1 Å². The van der Waals surface area contributed by atoms with Crippen LogP contribution in [0.1, 0.15) is 5.56 Å². The Hall–Kier alpha value is -1.92. The number of nitrogens with one attached hydrogen (secondary N) is 2. The number of benzene rings is 1. The Kier molecular flexibility index (Phi) is 3.26. The van der Waals surface area contributed by atoms with Crippen LogP contribution in [0.15, 0.2) is 18.2 Å². The Labute approximate surface area is 89.7 Å². The average Bonchev–Trinajstić information content (AvgIpc) is 2.14. The molecule has 1 aromatic rings. The van der Waals surface area contributed by atoms with E-state index in [2.05, 4.69) is 5.32 Å². The minimum Gasteiger partial charge on any atom is -0.497 e. The molecule has 0 spiro atoms. The summed E-state index contributed by atoms with van der Waals surface area (Å²) in [6.45, 7) is 0. The van der Waals surface area contributed by atoms with E-state index in [9.17, 15) is 13.2 Å². The highest BCUT2D eigenvalue weighted by molar-refractivity contribution is 5.90. The van der Waals surface area contributed by atoms with E-state index in [1.165, 1.54) is 13.2 Å². The summed E-state index contributed by atoms with van der Waals surface area (Å²) in [5, 5.41) is 9.20. The third kappa shape index (κ3) is 3.04. The van der Waals surface area contributed by atoms with Gasteiger partial charge in [-0.3, -0.25) is 5.41 Å². The van der Waals surface area contributed by atoms with E-state index in [1.54, 1.807) is 0 Å². The third-order valence-electron chi connectivity index (χ3n) is 1.75. The Bertz CT molecular complexity index is 403. The minimum atomic E-state index is -4.47. The van der Waals surface area contributed by atoms with E-state index in [4.69, 9.17) is 15.9 Å². The van der Waals surface area contributed by atoms with Crippen molar-refractivity contribution in [2.45, 2.75) is 6.18 Å². The summed E-state index contributed by atoms with van der Waals surface area (Å²) in [7, 11) is 1.26. The number of ether oxygens (including phenoxy) is 1. The molecule has 4 N–H and O–H groups in total. The van der Waals surface area contributed by atoms with Crippen molar-refractivity contribution in [3.05, 3.63) is 23.8 Å². The maximum absolute atomic E-state index is 12.5. The molecule has 0 unspecified atom stereocenters. The van der Waals surface area contributed by atoms with Crippen LogP contribution in [-0.4, -0.2) is 13.1 Å². The van der Waals surface area contributed by atoms with Crippen LogP contribution in [0.3, 0.4) is 0 Å². The van der Waals surface area contributed by atoms with Crippen LogP contribution in [0, 0.1) is 5.41 Å². The van der Waals surface area contributed by atoms with Gasteiger partial charge < -0.3 is 15.8 Å². The summed E-state index contributed by atoms with van der Waals surface area (Å²) in [4.78, 5) is 0. The molecular formula is C9H10F3N3O. The first kappa shape index (κ1) is 12.2. The van der Waals surface area contributed by atoms with Crippen molar-refractivity contribution >= 4 is 11.6 Å². The van der Waals surface area contributed by atoms with Gasteiger partial charge in [0, 0.05) is 11.8 Å². The predicted molar refractivity (Wildman–Crippen MR) is 53.5 cm³/mol. The first-order chi connectivity index (χ1) is 7.32. The minimum absolute atomic E-state index is 0.0403. The monoisotopic (exact) mass is 233 g/mol. The Morgan fingerprint density at radius 1 is 1.38 bits per heavy atom. The quantitative estimate of drug-likeness (QED) is 0.540. The zero-order valence-electron chi connectivity index (χ0n) is 8.35. The normalized spacial score (nSPS) is 11.0. The molecule has 1 aromatic carbocycles. The predicted octanol–water partition coefficient (Wildman–Crippen LogP) is 2.02. The number of anilines is 1. The number of guanidine groups is 1. The first-order valence-electron chi connectivity index (χ1n) is 4.20. The topological polar surface area (TPSA) is 71.1 Å². The molecule has 88 valence electrons. The summed E-state index contributed by atoms with van der Waals surface area (Å²) in [6, 6.07) is 3.03. The van der Waals surface area contributed by atoms with E-state index >= 15 is 0 Å². The summed E-state index contributed by atoms with van der Waals surface area (Å²) in [6.07, 6.45) is -4.47. The molecule has 0 fully saturated rings. The molecule has 0 aliphatic carbocycles. The Balaban J connectivity index is 3.16. The van der Waals surface area contributed by atoms with Crippen LogP contribution in [0.2, 0.25) is 0 Å². The maximum Gasteiger partial charge on any atom is 0.416 e. The van der Waals surface area contributed by atoms with Crippen LogP contribution in [0.4, 0.5) is 18.9 Å². The lowest BCUT2D eigenvalue weighted by atomic mass is 10.2. The van der Waals surface area contributed by atoms with Crippen molar-refractivity contribution in [1.82, 2.24) is 0 Å². The fraction of sp³-hybridized carbons (Fsp3) is 0.222. The van der Waals surface area contributed by atoms with Gasteiger partial charge in [-0.2, -0.15) is 13.2 Å². The molecule has 0 radical (unpaired) electrons. The van der Waals surface area contributed by atoms with Gasteiger partial charge in [-0.25, -0.2) is 0 Å². The highest BCUT2D eigenvalue weighted by Crippen LogP contribution is 2.33. The molecule has 0 amide bonds. The second-order valence-corrected chi connectivity index (χ2v) is 2.99. The molecule has 0 saturated carbocycles. The summed E-state index contributed by atoms with van der Waals surface area (Å²) >= 11 is 0. The Morgan fingerprint density at radius 3 is 2.44 bits per heavy atom. The second kappa shape index (κ2) is 4.30. The molecule has 7 heteroatoms. The van der Waals surface area contributed by atoms with Gasteiger partial charge in [-0.1, -0.05) is 0 Å². The van der Waals surface area contributed by atoms with Crippen LogP contribution in [0.5, 0.6) is 5.75 Å². The lowest BCUT2D eigenvalue weighted by Gasteiger charge is -2.12. The van der Waals surface area contributed by atoms with Gasteiger partial charge in [0.25, 0.3) is 0 Å². The number of hydrogen-bond donors (Lipinski definition) is 3. The number of nitrogens with two attached hydrogens (primary N) is 1. The van der Waals surface area contributed by atoms with Crippen LogP contribution >= 0.6 is 0 Å². The number of halogens is 3. The molecule has 1 rings (SSSR count). The van der Waals surface area contributed by atoms with Crippen molar-refractivity contribution in [2.75, 3.05) is 12.4 Å². The molecule has 0 bridgehead atoms. The molecule has 16 heavy (non-hydrogen) atoms. The van der Waals surface area contributed by atoms with Crippen molar-refractivity contribution in [1.29, 1.82) is 5.41 Å². The number of rotatable bonds is 2. The largest absolute Gasteiger partial charge is 0.497 e. The third-order valence-corrected chi connectivity index (χ3v) is 1.75. The molecule has 4 nitrogen and oxygen atoms in total. The maximum atomic E-state index is 12.5.